The molecule has 1 aromatic rings. The van der Waals surface area contributed by atoms with E-state index in [4.69, 9.17) is 4.74 Å². The third-order valence-electron chi connectivity index (χ3n) is 5.20. The number of nitrogens with one attached hydrogen (secondary N) is 2. The molecule has 5 nitrogen and oxygen atoms in total. The van der Waals surface area contributed by atoms with E-state index in [0.717, 1.165) is 25.3 Å². The predicted molar refractivity (Wildman–Crippen MR) is 97.4 cm³/mol. The zero-order valence-electron chi connectivity index (χ0n) is 15.8. The van der Waals surface area contributed by atoms with E-state index in [2.05, 4.69) is 49.3 Å². The summed E-state index contributed by atoms with van der Waals surface area (Å²) in [6.07, 6.45) is 0.853. The second kappa shape index (κ2) is 7.99. The van der Waals surface area contributed by atoms with Crippen LogP contribution in [-0.4, -0.2) is 49.6 Å². The maximum atomic E-state index is 12.1. The summed E-state index contributed by atoms with van der Waals surface area (Å²) in [6, 6.07) is 4.81. The molecule has 1 amide bonds. The molecule has 5 heteroatoms. The molecule has 0 aliphatic carbocycles. The Bertz CT molecular complexity index is 586. The fourth-order valence-corrected chi connectivity index (χ4v) is 3.52. The van der Waals surface area contributed by atoms with Crippen molar-refractivity contribution in [1.29, 1.82) is 0 Å². The smallest absolute Gasteiger partial charge is 0.237 e. The van der Waals surface area contributed by atoms with Gasteiger partial charge in [-0.1, -0.05) is 6.07 Å². The van der Waals surface area contributed by atoms with Crippen LogP contribution in [0.25, 0.3) is 0 Å². The SMILES string of the molecule is CNC(=O)[C@@H]1C[C@H](NCc2ccc(OC)c(C)c2C)CN1C(C)C. The van der Waals surface area contributed by atoms with Gasteiger partial charge in [0.2, 0.25) is 5.91 Å². The van der Waals surface area contributed by atoms with Crippen molar-refractivity contribution in [3.05, 3.63) is 28.8 Å². The van der Waals surface area contributed by atoms with E-state index in [1.165, 1.54) is 16.7 Å². The largest absolute Gasteiger partial charge is 0.496 e. The average molecular weight is 333 g/mol. The molecule has 1 heterocycles. The molecule has 2 rings (SSSR count). The number of benzene rings is 1. The van der Waals surface area contributed by atoms with Crippen LogP contribution in [-0.2, 0) is 11.3 Å². The Balaban J connectivity index is 2.03. The van der Waals surface area contributed by atoms with Crippen LogP contribution in [0.2, 0.25) is 0 Å². The van der Waals surface area contributed by atoms with Gasteiger partial charge in [-0.15, -0.1) is 0 Å². The molecule has 134 valence electrons. The second-order valence-corrected chi connectivity index (χ2v) is 6.91. The number of nitrogens with zero attached hydrogens (tertiary/aromatic N) is 1. The first kappa shape index (κ1) is 18.7. The van der Waals surface area contributed by atoms with Crippen LogP contribution in [0.5, 0.6) is 5.75 Å². The molecule has 0 bridgehead atoms. The number of rotatable bonds is 6. The van der Waals surface area contributed by atoms with Crippen LogP contribution in [0.3, 0.4) is 0 Å². The number of hydrogen-bond acceptors (Lipinski definition) is 4. The van der Waals surface area contributed by atoms with Crippen molar-refractivity contribution < 1.29 is 9.53 Å². The van der Waals surface area contributed by atoms with Crippen molar-refractivity contribution in [1.82, 2.24) is 15.5 Å². The molecule has 1 aliphatic heterocycles. The van der Waals surface area contributed by atoms with Crippen LogP contribution in [0.4, 0.5) is 0 Å². The van der Waals surface area contributed by atoms with Gasteiger partial charge in [0.1, 0.15) is 5.75 Å². The highest BCUT2D eigenvalue weighted by atomic mass is 16.5. The molecule has 2 N–H and O–H groups in total. The van der Waals surface area contributed by atoms with E-state index in [-0.39, 0.29) is 11.9 Å². The summed E-state index contributed by atoms with van der Waals surface area (Å²) >= 11 is 0. The molecule has 24 heavy (non-hydrogen) atoms. The van der Waals surface area contributed by atoms with Crippen LogP contribution < -0.4 is 15.4 Å². The van der Waals surface area contributed by atoms with Gasteiger partial charge in [0.25, 0.3) is 0 Å². The van der Waals surface area contributed by atoms with E-state index >= 15 is 0 Å². The molecule has 0 unspecified atom stereocenters. The van der Waals surface area contributed by atoms with Crippen LogP contribution >= 0.6 is 0 Å². The molecule has 0 spiro atoms. The molecule has 2 atom stereocenters. The van der Waals surface area contributed by atoms with Crippen molar-refractivity contribution in [3.63, 3.8) is 0 Å². The van der Waals surface area contributed by atoms with Gasteiger partial charge in [-0.3, -0.25) is 9.69 Å². The molecule has 0 saturated carbocycles. The van der Waals surface area contributed by atoms with Crippen LogP contribution in [0, 0.1) is 13.8 Å². The maximum Gasteiger partial charge on any atom is 0.237 e. The predicted octanol–water partition coefficient (Wildman–Crippen LogP) is 2.00. The normalized spacial score (nSPS) is 21.3. The summed E-state index contributed by atoms with van der Waals surface area (Å²) in [4.78, 5) is 14.4. The fourth-order valence-electron chi connectivity index (χ4n) is 3.52. The highest BCUT2D eigenvalue weighted by molar-refractivity contribution is 5.81. The third kappa shape index (κ3) is 3.90. The number of likely N-dealkylation sites (tertiary alicyclic amines) is 1. The zero-order valence-corrected chi connectivity index (χ0v) is 15.8. The fraction of sp³-hybridized carbons (Fsp3) is 0.632. The minimum Gasteiger partial charge on any atom is -0.496 e. The number of carbonyl (C=O) groups excluding carboxylic acids is 1. The summed E-state index contributed by atoms with van der Waals surface area (Å²) in [5.41, 5.74) is 3.74. The van der Waals surface area contributed by atoms with Crippen molar-refractivity contribution in [2.45, 2.75) is 58.8 Å². The first-order valence-electron chi connectivity index (χ1n) is 8.72. The molecular formula is C19H31N3O2. The van der Waals surface area contributed by atoms with Gasteiger partial charge in [-0.05, 0) is 56.9 Å². The lowest BCUT2D eigenvalue weighted by Crippen LogP contribution is -2.45. The van der Waals surface area contributed by atoms with E-state index in [0.29, 0.717) is 12.1 Å². The van der Waals surface area contributed by atoms with Gasteiger partial charge in [0, 0.05) is 32.2 Å². The summed E-state index contributed by atoms with van der Waals surface area (Å²) in [6.45, 7) is 10.2. The zero-order chi connectivity index (χ0) is 17.9. The lowest BCUT2D eigenvalue weighted by molar-refractivity contribution is -0.125. The maximum absolute atomic E-state index is 12.1. The van der Waals surface area contributed by atoms with E-state index in [9.17, 15) is 4.79 Å². The van der Waals surface area contributed by atoms with Gasteiger partial charge in [-0.25, -0.2) is 0 Å². The van der Waals surface area contributed by atoms with Crippen molar-refractivity contribution in [2.24, 2.45) is 0 Å². The Hall–Kier alpha value is -1.59. The molecule has 0 aromatic heterocycles. The standard InChI is InChI=1S/C19H31N3O2/c1-12(2)22-11-16(9-17(22)19(23)20-5)21-10-15-7-8-18(24-6)14(4)13(15)3/h7-8,12,16-17,21H,9-11H2,1-6H3,(H,20,23)/t16-,17-/m0/s1. The van der Waals surface area contributed by atoms with Gasteiger partial charge in [-0.2, -0.15) is 0 Å². The average Bonchev–Trinajstić information content (AvgIpc) is 3.00. The molecular weight excluding hydrogens is 302 g/mol. The Morgan fingerprint density at radius 2 is 2.04 bits per heavy atom. The first-order chi connectivity index (χ1) is 11.4. The van der Waals surface area contributed by atoms with Gasteiger partial charge >= 0.3 is 0 Å². The topological polar surface area (TPSA) is 53.6 Å². The number of likely N-dealkylation sites (N-methyl/N-ethyl adjacent to an activating group) is 1. The minimum absolute atomic E-state index is 0.0359. The monoisotopic (exact) mass is 333 g/mol. The molecule has 1 fully saturated rings. The van der Waals surface area contributed by atoms with Crippen molar-refractivity contribution >= 4 is 5.91 Å². The minimum atomic E-state index is -0.0359. The van der Waals surface area contributed by atoms with E-state index in [1.54, 1.807) is 14.2 Å². The third-order valence-corrected chi connectivity index (χ3v) is 5.20. The summed E-state index contributed by atoms with van der Waals surface area (Å²) in [5.74, 6) is 1.05. The van der Waals surface area contributed by atoms with Crippen LogP contribution in [0.1, 0.15) is 37.0 Å². The summed E-state index contributed by atoms with van der Waals surface area (Å²) in [7, 11) is 3.42. The summed E-state index contributed by atoms with van der Waals surface area (Å²) in [5, 5.41) is 6.43. The lowest BCUT2D eigenvalue weighted by atomic mass is 10.0. The molecule has 1 aliphatic rings. The number of ether oxygens (including phenoxy) is 1. The Labute approximate surface area is 145 Å². The van der Waals surface area contributed by atoms with E-state index in [1.807, 2.05) is 6.07 Å². The van der Waals surface area contributed by atoms with Gasteiger partial charge in [0.15, 0.2) is 0 Å². The molecule has 1 aromatic carbocycles. The Kier molecular flexibility index (Phi) is 6.24. The van der Waals surface area contributed by atoms with Gasteiger partial charge in [0.05, 0.1) is 13.2 Å². The highest BCUT2D eigenvalue weighted by Crippen LogP contribution is 2.25. The Morgan fingerprint density at radius 1 is 1.33 bits per heavy atom. The number of hydrogen-bond donors (Lipinski definition) is 2. The quantitative estimate of drug-likeness (QED) is 0.836. The number of amides is 1. The molecule has 0 radical (unpaired) electrons. The lowest BCUT2D eigenvalue weighted by Gasteiger charge is -2.26. The molecule has 1 saturated heterocycles. The van der Waals surface area contributed by atoms with E-state index < -0.39 is 0 Å². The highest BCUT2D eigenvalue weighted by Gasteiger charge is 2.37. The second-order valence-electron chi connectivity index (χ2n) is 6.91. The number of carbonyl (C=O) groups is 1. The Morgan fingerprint density at radius 3 is 2.62 bits per heavy atom. The van der Waals surface area contributed by atoms with Crippen molar-refractivity contribution in [3.8, 4) is 5.75 Å². The van der Waals surface area contributed by atoms with Gasteiger partial charge < -0.3 is 15.4 Å². The summed E-state index contributed by atoms with van der Waals surface area (Å²) < 4.78 is 5.38. The van der Waals surface area contributed by atoms with Crippen molar-refractivity contribution in [2.75, 3.05) is 20.7 Å². The van der Waals surface area contributed by atoms with Crippen LogP contribution in [0.15, 0.2) is 12.1 Å². The first-order valence-corrected chi connectivity index (χ1v) is 8.72. The number of methoxy groups -OCH3 is 1.